The molecule has 1 aromatic carbocycles. The number of halogens is 1. The molecule has 1 aromatic heterocycles. The smallest absolute Gasteiger partial charge is 0.230 e. The Bertz CT molecular complexity index is 676. The largest absolute Gasteiger partial charge is 0.351 e. The molecule has 2 N–H and O–H groups in total. The number of nitrogens with zero attached hydrogens (tertiary/aromatic N) is 2. The van der Waals surface area contributed by atoms with Gasteiger partial charge < -0.3 is 10.6 Å². The van der Waals surface area contributed by atoms with Crippen molar-refractivity contribution in [1.82, 2.24) is 15.5 Å². The van der Waals surface area contributed by atoms with Crippen LogP contribution < -0.4 is 10.6 Å². The molecular formula is C14H15FN4O2S2. The Morgan fingerprint density at radius 1 is 1.22 bits per heavy atom. The van der Waals surface area contributed by atoms with Crippen molar-refractivity contribution < 1.29 is 14.0 Å². The van der Waals surface area contributed by atoms with Crippen molar-refractivity contribution >= 4 is 40.0 Å². The van der Waals surface area contributed by atoms with Gasteiger partial charge in [-0.1, -0.05) is 42.2 Å². The van der Waals surface area contributed by atoms with Gasteiger partial charge in [0, 0.05) is 13.0 Å². The summed E-state index contributed by atoms with van der Waals surface area (Å²) in [5.74, 6) is -0.404. The number of hydrogen-bond donors (Lipinski definition) is 2. The molecule has 0 aliphatic carbocycles. The van der Waals surface area contributed by atoms with Crippen molar-refractivity contribution in [2.75, 3.05) is 11.1 Å². The number of rotatable bonds is 7. The minimum absolute atomic E-state index is 0.130. The summed E-state index contributed by atoms with van der Waals surface area (Å²) in [5, 5.41) is 13.5. The Hall–Kier alpha value is -2.00. The fraction of sp³-hybridized carbons (Fsp3) is 0.286. The lowest BCUT2D eigenvalue weighted by Crippen LogP contribution is -2.24. The monoisotopic (exact) mass is 354 g/mol. The van der Waals surface area contributed by atoms with Crippen LogP contribution in [0, 0.1) is 5.82 Å². The molecule has 0 atom stereocenters. The molecule has 9 heteroatoms. The van der Waals surface area contributed by atoms with E-state index in [2.05, 4.69) is 20.8 Å². The van der Waals surface area contributed by atoms with Gasteiger partial charge in [0.2, 0.25) is 16.9 Å². The van der Waals surface area contributed by atoms with Gasteiger partial charge in [-0.25, -0.2) is 4.39 Å². The summed E-state index contributed by atoms with van der Waals surface area (Å²) in [7, 11) is 0. The number of thioether (sulfide) groups is 1. The maximum atomic E-state index is 12.8. The molecular weight excluding hydrogens is 339 g/mol. The summed E-state index contributed by atoms with van der Waals surface area (Å²) in [6, 6.07) is 5.94. The first-order valence-corrected chi connectivity index (χ1v) is 8.64. The molecule has 122 valence electrons. The van der Waals surface area contributed by atoms with Crippen LogP contribution in [0.2, 0.25) is 0 Å². The van der Waals surface area contributed by atoms with E-state index in [-0.39, 0.29) is 23.4 Å². The molecule has 0 aliphatic rings. The molecule has 2 rings (SSSR count). The quantitative estimate of drug-likeness (QED) is 0.589. The van der Waals surface area contributed by atoms with Gasteiger partial charge in [0.25, 0.3) is 0 Å². The van der Waals surface area contributed by atoms with E-state index in [0.717, 1.165) is 5.56 Å². The number of carbonyl (C=O) groups excluding carboxylic acids is 2. The molecule has 23 heavy (non-hydrogen) atoms. The number of anilines is 1. The highest BCUT2D eigenvalue weighted by Crippen LogP contribution is 2.25. The van der Waals surface area contributed by atoms with E-state index in [1.807, 2.05) is 0 Å². The van der Waals surface area contributed by atoms with Gasteiger partial charge in [0.15, 0.2) is 4.34 Å². The van der Waals surface area contributed by atoms with E-state index in [4.69, 9.17) is 0 Å². The molecule has 0 spiro atoms. The lowest BCUT2D eigenvalue weighted by molar-refractivity contribution is -0.118. The third-order valence-corrected chi connectivity index (χ3v) is 4.68. The van der Waals surface area contributed by atoms with Crippen molar-refractivity contribution in [1.29, 1.82) is 0 Å². The molecule has 6 nitrogen and oxygen atoms in total. The summed E-state index contributed by atoms with van der Waals surface area (Å²) in [5.41, 5.74) is 0.824. The molecule has 2 aromatic rings. The second-order valence-corrected chi connectivity index (χ2v) is 6.67. The Morgan fingerprint density at radius 2 is 1.96 bits per heavy atom. The predicted molar refractivity (Wildman–Crippen MR) is 87.8 cm³/mol. The molecule has 0 saturated carbocycles. The first kappa shape index (κ1) is 17.4. The third kappa shape index (κ3) is 5.95. The van der Waals surface area contributed by atoms with Gasteiger partial charge in [0.05, 0.1) is 5.75 Å². The van der Waals surface area contributed by atoms with Crippen molar-refractivity contribution in [3.05, 3.63) is 35.6 Å². The maximum absolute atomic E-state index is 12.8. The van der Waals surface area contributed by atoms with E-state index in [1.54, 1.807) is 19.1 Å². The van der Waals surface area contributed by atoms with Crippen molar-refractivity contribution in [3.63, 3.8) is 0 Å². The average molecular weight is 354 g/mol. The minimum atomic E-state index is -0.308. The Kier molecular flexibility index (Phi) is 6.48. The summed E-state index contributed by atoms with van der Waals surface area (Å²) in [6.45, 7) is 2.09. The van der Waals surface area contributed by atoms with Gasteiger partial charge in [0.1, 0.15) is 5.82 Å². The van der Waals surface area contributed by atoms with Gasteiger partial charge >= 0.3 is 0 Å². The summed E-state index contributed by atoms with van der Waals surface area (Å²) in [4.78, 5) is 23.0. The first-order chi connectivity index (χ1) is 11.1. The number of aromatic nitrogens is 2. The SMILES string of the molecule is CCC(=O)Nc1nnc(SCC(=O)NCc2ccc(F)cc2)s1. The third-order valence-electron chi connectivity index (χ3n) is 2.70. The highest BCUT2D eigenvalue weighted by atomic mass is 32.2. The van der Waals surface area contributed by atoms with Gasteiger partial charge in [-0.15, -0.1) is 10.2 Å². The molecule has 0 saturated heterocycles. The van der Waals surface area contributed by atoms with Gasteiger partial charge in [-0.3, -0.25) is 9.59 Å². The fourth-order valence-electron chi connectivity index (χ4n) is 1.51. The zero-order valence-corrected chi connectivity index (χ0v) is 14.0. The summed E-state index contributed by atoms with van der Waals surface area (Å²) >= 11 is 2.46. The predicted octanol–water partition coefficient (Wildman–Crippen LogP) is 2.43. The Labute approximate surface area is 140 Å². The van der Waals surface area contributed by atoms with Crippen LogP contribution in [0.3, 0.4) is 0 Å². The fourth-order valence-corrected chi connectivity index (χ4v) is 3.11. The van der Waals surface area contributed by atoms with Crippen LogP contribution in [0.25, 0.3) is 0 Å². The first-order valence-electron chi connectivity index (χ1n) is 6.84. The van der Waals surface area contributed by atoms with Gasteiger partial charge in [-0.2, -0.15) is 0 Å². The zero-order valence-electron chi connectivity index (χ0n) is 12.3. The molecule has 0 unspecified atom stereocenters. The number of nitrogens with one attached hydrogen (secondary N) is 2. The molecule has 2 amide bonds. The zero-order chi connectivity index (χ0) is 16.7. The average Bonchev–Trinajstić information content (AvgIpc) is 2.99. The highest BCUT2D eigenvalue weighted by Gasteiger charge is 2.09. The normalized spacial score (nSPS) is 10.3. The van der Waals surface area contributed by atoms with Crippen molar-refractivity contribution in [3.8, 4) is 0 Å². The van der Waals surface area contributed by atoms with Crippen LogP contribution in [0.15, 0.2) is 28.6 Å². The molecule has 0 aliphatic heterocycles. The maximum Gasteiger partial charge on any atom is 0.230 e. The topological polar surface area (TPSA) is 84.0 Å². The Balaban J connectivity index is 1.73. The standard InChI is InChI=1S/C14H15FN4O2S2/c1-2-11(20)17-13-18-19-14(23-13)22-8-12(21)16-7-9-3-5-10(15)6-4-9/h3-6H,2,7-8H2,1H3,(H,16,21)(H,17,18,20). The lowest BCUT2D eigenvalue weighted by atomic mass is 10.2. The molecule has 0 bridgehead atoms. The second kappa shape index (κ2) is 8.59. The number of hydrogen-bond acceptors (Lipinski definition) is 6. The number of carbonyl (C=O) groups is 2. The highest BCUT2D eigenvalue weighted by molar-refractivity contribution is 8.01. The van der Waals surface area contributed by atoms with Crippen LogP contribution in [-0.2, 0) is 16.1 Å². The van der Waals surface area contributed by atoms with E-state index < -0.39 is 0 Å². The van der Waals surface area contributed by atoms with Crippen LogP contribution >= 0.6 is 23.1 Å². The molecule has 0 fully saturated rings. The second-order valence-electron chi connectivity index (χ2n) is 4.47. The van der Waals surface area contributed by atoms with E-state index in [1.165, 1.54) is 35.2 Å². The van der Waals surface area contributed by atoms with Crippen LogP contribution in [0.4, 0.5) is 9.52 Å². The van der Waals surface area contributed by atoms with E-state index >= 15 is 0 Å². The molecule has 1 heterocycles. The lowest BCUT2D eigenvalue weighted by Gasteiger charge is -2.04. The van der Waals surface area contributed by atoms with Crippen molar-refractivity contribution in [2.45, 2.75) is 24.2 Å². The Morgan fingerprint density at radius 3 is 2.65 bits per heavy atom. The van der Waals surface area contributed by atoms with Crippen LogP contribution in [-0.4, -0.2) is 27.8 Å². The van der Waals surface area contributed by atoms with E-state index in [9.17, 15) is 14.0 Å². The van der Waals surface area contributed by atoms with Crippen molar-refractivity contribution in [2.24, 2.45) is 0 Å². The summed E-state index contributed by atoms with van der Waals surface area (Å²) < 4.78 is 13.4. The summed E-state index contributed by atoms with van der Waals surface area (Å²) in [6.07, 6.45) is 0.369. The number of benzene rings is 1. The van der Waals surface area contributed by atoms with E-state index in [0.29, 0.717) is 22.4 Å². The minimum Gasteiger partial charge on any atom is -0.351 e. The van der Waals surface area contributed by atoms with Crippen LogP contribution in [0.5, 0.6) is 0 Å². The van der Waals surface area contributed by atoms with Gasteiger partial charge in [-0.05, 0) is 17.7 Å². The molecule has 0 radical (unpaired) electrons. The van der Waals surface area contributed by atoms with Crippen LogP contribution in [0.1, 0.15) is 18.9 Å². The number of amides is 2.